The molecule has 10 aliphatic heterocycles. The minimum absolute atomic E-state index is 0.0322. The predicted molar refractivity (Wildman–Crippen MR) is 562 cm³/mol. The van der Waals surface area contributed by atoms with Gasteiger partial charge in [0.2, 0.25) is 15.9 Å². The maximum Gasteiger partial charge on any atom is 0.331 e. The lowest BCUT2D eigenvalue weighted by atomic mass is 10.0. The molecule has 31 nitrogen and oxygen atoms in total. The van der Waals surface area contributed by atoms with Crippen molar-refractivity contribution < 1.29 is 56.1 Å². The second kappa shape index (κ2) is 42.3. The summed E-state index contributed by atoms with van der Waals surface area (Å²) in [4.78, 5) is 159. The van der Waals surface area contributed by atoms with Crippen LogP contribution in [0.25, 0.3) is 85.4 Å². The quantitative estimate of drug-likeness (QED) is 0.0907. The SMILES string of the molecule is Cn1ccc(=O)n(Cc2cc3nccc(-c4cc(Cl)cc5c4OC(C(=O)N4CCCCC4)C5)c3s2)c1=O.O=C(C1Cc2cc(Cl)cc(-c3ccnc4cc(CN5C(=O)CCNC5=O)sc34)c2O1)N1CCCCC1.O=C(C1Cc2cc(Cl)cc(-c3ccnc4cc(CN5CCCCS5(=O)=O)sc34)c2O1)N1CCCCC1.O=C(C1Cc2cc(Cl)cc(-c3ccnc4cc(Cn5c(=O)cc[nH]c5=O)sc34)c2O1)N1CCCCC1. The molecule has 6 saturated heterocycles. The number of nitrogens with one attached hydrogen (secondary N) is 2. The molecule has 24 rings (SSSR count). The highest BCUT2D eigenvalue weighted by molar-refractivity contribution is 7.89. The predicted octanol–water partition coefficient (Wildman–Crippen LogP) is 16.9. The molecule has 4 unspecified atom stereocenters. The smallest absolute Gasteiger partial charge is 0.331 e. The third-order valence-electron chi connectivity index (χ3n) is 28.0. The van der Waals surface area contributed by atoms with Crippen LogP contribution < -0.4 is 46.8 Å². The van der Waals surface area contributed by atoms with Crippen LogP contribution in [-0.2, 0) is 92.9 Å². The molecule has 6 fully saturated rings. The summed E-state index contributed by atoms with van der Waals surface area (Å²) in [5, 5.41) is 5.04. The van der Waals surface area contributed by atoms with Gasteiger partial charge in [-0.3, -0.25) is 67.5 Å². The van der Waals surface area contributed by atoms with Crippen LogP contribution in [0.2, 0.25) is 20.1 Å². The number of amides is 7. The number of H-pyrrole nitrogens is 1. The van der Waals surface area contributed by atoms with Gasteiger partial charge in [-0.15, -0.1) is 45.3 Å². The van der Waals surface area contributed by atoms with E-state index in [0.717, 1.165) is 268 Å². The Bertz CT molecular complexity index is 7670. The first kappa shape index (κ1) is 98.8. The topological polar surface area (TPSA) is 355 Å². The largest absolute Gasteiger partial charge is 0.479 e. The number of urea groups is 1. The second-order valence-corrected chi connectivity index (χ2v) is 46.2. The number of thiophene rings is 4. The summed E-state index contributed by atoms with van der Waals surface area (Å²) in [7, 11) is -1.60. The molecule has 10 aromatic heterocycles. The van der Waals surface area contributed by atoms with E-state index in [4.69, 9.17) is 65.4 Å². The first-order valence-electron chi connectivity index (χ1n) is 49.0. The summed E-state index contributed by atoms with van der Waals surface area (Å²) >= 11 is 32.1. The number of piperidine rings is 4. The summed E-state index contributed by atoms with van der Waals surface area (Å²) in [5.74, 6) is 2.92. The number of halogens is 4. The van der Waals surface area contributed by atoms with Crippen LogP contribution in [0.3, 0.4) is 0 Å². The van der Waals surface area contributed by atoms with Crippen LogP contribution in [0.5, 0.6) is 23.0 Å². The van der Waals surface area contributed by atoms with E-state index in [-0.39, 0.29) is 77.8 Å². The minimum Gasteiger partial charge on any atom is -0.479 e. The van der Waals surface area contributed by atoms with Crippen LogP contribution in [0.1, 0.15) is 138 Å². The van der Waals surface area contributed by atoms with Crippen LogP contribution in [0.4, 0.5) is 4.79 Å². The standard InChI is InChI=1S/C27H25ClN4O4S.C26H25ClN4O4S.C26H23ClN4O4S.C26H28ClN3O4S2/c1-30-10-6-23(33)32(27(30)35)15-18-14-21-25(37-18)19(5-7-29-21)20-13-17(28)11-16-12-22(36-24(16)20)26(34)31-8-3-2-4-9-31;2*27-16-10-15-11-21(25(33)30-8-2-1-3-9-30)35-23(15)19(12-16)18-4-6-28-20-13-17(36-24(18)20)14-31-22(32)5-7-29-26(31)34;27-18-12-17-13-23(26(31)29-8-2-1-3-9-29)34-24(17)21(14-18)20-6-7-28-22-15-19(35-25(20)22)16-30-10-4-5-11-36(30,32)33/h5-7,10-11,13-14,22H,2-4,8-9,12,15H2,1H3;4,6,10,12-13,21H,1-3,5,7-9,11,14H2,(H,29,34);4-7,10,12-13,21H,1-3,8-9,11,14H2,(H,29,34);6-7,12,14-15,23H,1-5,8-11,13,16H2. The van der Waals surface area contributed by atoms with Crippen molar-refractivity contribution >= 4 is 178 Å². The van der Waals surface area contributed by atoms with E-state index >= 15 is 0 Å². The van der Waals surface area contributed by atoms with Gasteiger partial charge in [-0.1, -0.05) is 46.4 Å². The molecule has 0 spiro atoms. The van der Waals surface area contributed by atoms with Crippen molar-refractivity contribution in [1.82, 2.24) is 72.7 Å². The number of hydrogen-bond donors (Lipinski definition) is 2. The molecule has 145 heavy (non-hydrogen) atoms. The van der Waals surface area contributed by atoms with Crippen LogP contribution in [-0.4, -0.2) is 207 Å². The van der Waals surface area contributed by atoms with Gasteiger partial charge in [0.15, 0.2) is 24.4 Å². The van der Waals surface area contributed by atoms with Gasteiger partial charge in [-0.25, -0.2) is 22.8 Å². The Morgan fingerprint density at radius 3 is 1.07 bits per heavy atom. The number of carbonyl (C=O) groups excluding carboxylic acids is 6. The molecular formula is C105H101Cl4N15O16S5. The summed E-state index contributed by atoms with van der Waals surface area (Å²) in [6.45, 7) is 8.03. The molecule has 14 aromatic rings. The highest BCUT2D eigenvalue weighted by atomic mass is 35.5. The Morgan fingerprint density at radius 1 is 0.393 bits per heavy atom. The normalized spacial score (nSPS) is 19.0. The monoisotopic (exact) mass is 2130 g/mol. The van der Waals surface area contributed by atoms with E-state index in [1.165, 1.54) is 79.0 Å². The number of pyridine rings is 4. The van der Waals surface area contributed by atoms with Gasteiger partial charge < -0.3 is 53.4 Å². The Hall–Kier alpha value is -12.2. The number of nitrogens with zero attached hydrogens (tertiary/aromatic N) is 13. The number of rotatable bonds is 16. The van der Waals surface area contributed by atoms with E-state index in [0.29, 0.717) is 94.8 Å². The second-order valence-electron chi connectivity index (χ2n) is 37.9. The summed E-state index contributed by atoms with van der Waals surface area (Å²) in [6, 6.07) is 32.7. The van der Waals surface area contributed by atoms with E-state index < -0.39 is 40.1 Å². The highest BCUT2D eigenvalue weighted by Crippen LogP contribution is 2.51. The van der Waals surface area contributed by atoms with Crippen LogP contribution in [0, 0.1) is 0 Å². The van der Waals surface area contributed by atoms with E-state index in [2.05, 4.69) is 30.2 Å². The number of hydrogen-bond acceptors (Lipinski definition) is 24. The zero-order valence-corrected chi connectivity index (χ0v) is 86.2. The number of likely N-dealkylation sites (tertiary alicyclic amines) is 4. The van der Waals surface area contributed by atoms with E-state index in [9.17, 15) is 56.4 Å². The fourth-order valence-electron chi connectivity index (χ4n) is 20.8. The van der Waals surface area contributed by atoms with E-state index in [1.54, 1.807) is 47.5 Å². The fourth-order valence-corrected chi connectivity index (χ4v) is 28.0. The van der Waals surface area contributed by atoms with Crippen molar-refractivity contribution in [3.8, 4) is 67.5 Å². The third-order valence-corrected chi connectivity index (χ3v) is 35.4. The number of fused-ring (bicyclic) bond motifs is 8. The average Bonchev–Trinajstić information content (AvgIpc) is 1.63. The van der Waals surface area contributed by atoms with Gasteiger partial charge in [-0.05, 0) is 187 Å². The zero-order chi connectivity index (χ0) is 100. The average molecular weight is 2130 g/mol. The molecule has 0 saturated carbocycles. The van der Waals surface area contributed by atoms with Gasteiger partial charge in [0.05, 0.1) is 66.3 Å². The van der Waals surface area contributed by atoms with Crippen LogP contribution in [0.15, 0.2) is 166 Å². The Morgan fingerprint density at radius 2 is 0.724 bits per heavy atom. The molecule has 0 bridgehead atoms. The molecule has 7 amide bonds. The van der Waals surface area contributed by atoms with E-state index in [1.807, 2.05) is 117 Å². The summed E-state index contributed by atoms with van der Waals surface area (Å²) < 4.78 is 59.2. The van der Waals surface area contributed by atoms with Gasteiger partial charge >= 0.3 is 17.4 Å². The summed E-state index contributed by atoms with van der Waals surface area (Å²) in [6.07, 6.45) is 24.3. The minimum atomic E-state index is -3.21. The lowest BCUT2D eigenvalue weighted by Gasteiger charge is -2.28. The first-order valence-corrected chi connectivity index (χ1v) is 55.4. The number of sulfonamides is 1. The van der Waals surface area contributed by atoms with Crippen molar-refractivity contribution in [1.29, 1.82) is 0 Å². The molecule has 20 heterocycles. The lowest BCUT2D eigenvalue weighted by molar-refractivity contribution is -0.139. The number of ether oxygens (including phenoxy) is 4. The highest BCUT2D eigenvalue weighted by Gasteiger charge is 2.42. The van der Waals surface area contributed by atoms with Gasteiger partial charge in [0.1, 0.15) is 23.0 Å². The lowest BCUT2D eigenvalue weighted by Crippen LogP contribution is -2.49. The molecule has 0 radical (unpaired) electrons. The molecule has 0 aliphatic carbocycles. The molecule has 4 aromatic carbocycles. The molecule has 4 atom stereocenters. The number of carbonyl (C=O) groups is 6. The Kier molecular flexibility index (Phi) is 28.8. The number of aryl methyl sites for hydroxylation is 1. The van der Waals surface area contributed by atoms with Crippen molar-refractivity contribution in [3.05, 3.63) is 250 Å². The van der Waals surface area contributed by atoms with Crippen molar-refractivity contribution in [2.75, 3.05) is 71.2 Å². The summed E-state index contributed by atoms with van der Waals surface area (Å²) in [5.41, 5.74) is 12.1. The molecule has 10 aliphatic rings. The Labute approximate surface area is 868 Å². The first-order chi connectivity index (χ1) is 70.2. The molecule has 40 heteroatoms. The third kappa shape index (κ3) is 20.8. The van der Waals surface area contributed by atoms with Gasteiger partial charge in [0.25, 0.3) is 34.7 Å². The zero-order valence-electron chi connectivity index (χ0n) is 79.1. The fraction of sp³-hybridized carbons (Fsp3) is 0.371. The number of imide groups is 1. The van der Waals surface area contributed by atoms with Gasteiger partial charge in [-0.2, -0.15) is 4.31 Å². The maximum absolute atomic E-state index is 13.2. The van der Waals surface area contributed by atoms with Gasteiger partial charge in [0, 0.05) is 267 Å². The molecule has 750 valence electrons. The van der Waals surface area contributed by atoms with Crippen molar-refractivity contribution in [3.63, 3.8) is 0 Å². The molecule has 2 N–H and O–H groups in total. The van der Waals surface area contributed by atoms with Crippen molar-refractivity contribution in [2.45, 2.75) is 173 Å². The van der Waals surface area contributed by atoms with Crippen molar-refractivity contribution in [2.24, 2.45) is 7.05 Å². The number of benzene rings is 4. The van der Waals surface area contributed by atoms with Crippen LogP contribution >= 0.6 is 91.8 Å². The molecular weight excluding hydrogens is 2030 g/mol. The maximum atomic E-state index is 13.2. The number of aromatic nitrogens is 8. The number of aromatic amines is 1. The Balaban J connectivity index is 0.000000114.